The van der Waals surface area contributed by atoms with E-state index in [0.717, 1.165) is 6.26 Å². The predicted molar refractivity (Wildman–Crippen MR) is 83.3 cm³/mol. The average molecular weight is 344 g/mol. The van der Waals surface area contributed by atoms with Crippen LogP contribution in [0.1, 0.15) is 24.4 Å². The molecular weight excluding hydrogens is 329 g/mol. The molecule has 2 rings (SSSR count). The Balaban J connectivity index is 2.26. The van der Waals surface area contributed by atoms with Crippen LogP contribution < -0.4 is 5.32 Å². The number of nitrogens with one attached hydrogen (secondary N) is 1. The van der Waals surface area contributed by atoms with Gasteiger partial charge in [0.25, 0.3) is 0 Å². The Morgan fingerprint density at radius 3 is 2.50 bits per heavy atom. The van der Waals surface area contributed by atoms with Gasteiger partial charge in [-0.3, -0.25) is 0 Å². The second-order valence-electron chi connectivity index (χ2n) is 4.95. The summed E-state index contributed by atoms with van der Waals surface area (Å²) >= 11 is 5.86. The summed E-state index contributed by atoms with van der Waals surface area (Å²) in [5.74, 6) is 0.254. The van der Waals surface area contributed by atoms with Crippen molar-refractivity contribution in [3.63, 3.8) is 0 Å². The standard InChI is InChI=1S/C14H15ClFN3O2S/c1-8(17-14-7-13(15)18-9(2)19-14)10-4-5-12(11(16)6-10)22(3,20)21/h4-8H,1-3H3,(H,17,18,19)/t8-/m1/s1. The maximum atomic E-state index is 13.9. The fourth-order valence-electron chi connectivity index (χ4n) is 2.00. The summed E-state index contributed by atoms with van der Waals surface area (Å²) in [7, 11) is -3.58. The maximum absolute atomic E-state index is 13.9. The van der Waals surface area contributed by atoms with Gasteiger partial charge in [-0.2, -0.15) is 0 Å². The molecule has 1 N–H and O–H groups in total. The summed E-state index contributed by atoms with van der Waals surface area (Å²) in [5, 5.41) is 3.38. The third-order valence-corrected chi connectivity index (χ3v) is 4.35. The van der Waals surface area contributed by atoms with Gasteiger partial charge in [-0.15, -0.1) is 0 Å². The SMILES string of the molecule is Cc1nc(Cl)cc(N[C@H](C)c2ccc(S(C)(=O)=O)c(F)c2)n1. The van der Waals surface area contributed by atoms with E-state index >= 15 is 0 Å². The Morgan fingerprint density at radius 1 is 1.27 bits per heavy atom. The Morgan fingerprint density at radius 2 is 1.95 bits per heavy atom. The van der Waals surface area contributed by atoms with Crippen LogP contribution in [0.3, 0.4) is 0 Å². The first-order valence-electron chi connectivity index (χ1n) is 6.44. The van der Waals surface area contributed by atoms with Crippen molar-refractivity contribution in [1.29, 1.82) is 0 Å². The van der Waals surface area contributed by atoms with Gasteiger partial charge in [-0.1, -0.05) is 17.7 Å². The number of nitrogens with zero attached hydrogens (tertiary/aromatic N) is 2. The molecule has 1 heterocycles. The van der Waals surface area contributed by atoms with Gasteiger partial charge in [0.2, 0.25) is 0 Å². The predicted octanol–water partition coefficient (Wildman–Crippen LogP) is 3.15. The molecule has 0 radical (unpaired) electrons. The van der Waals surface area contributed by atoms with E-state index in [0.29, 0.717) is 22.4 Å². The van der Waals surface area contributed by atoms with Gasteiger partial charge >= 0.3 is 0 Å². The highest BCUT2D eigenvalue weighted by Gasteiger charge is 2.16. The van der Waals surface area contributed by atoms with E-state index in [2.05, 4.69) is 15.3 Å². The maximum Gasteiger partial charge on any atom is 0.178 e. The van der Waals surface area contributed by atoms with E-state index in [4.69, 9.17) is 11.6 Å². The average Bonchev–Trinajstić information content (AvgIpc) is 2.35. The first-order chi connectivity index (χ1) is 10.2. The van der Waals surface area contributed by atoms with Crippen LogP contribution in [-0.4, -0.2) is 24.6 Å². The monoisotopic (exact) mass is 343 g/mol. The molecule has 1 aromatic carbocycles. The van der Waals surface area contributed by atoms with Gasteiger partial charge < -0.3 is 5.32 Å². The second-order valence-corrected chi connectivity index (χ2v) is 7.32. The summed E-state index contributed by atoms with van der Waals surface area (Å²) in [4.78, 5) is 7.82. The smallest absolute Gasteiger partial charge is 0.178 e. The molecule has 0 fully saturated rings. The van der Waals surface area contributed by atoms with E-state index < -0.39 is 15.7 Å². The number of aryl methyl sites for hydroxylation is 1. The van der Waals surface area contributed by atoms with Gasteiger partial charge in [0.05, 0.1) is 6.04 Å². The summed E-state index contributed by atoms with van der Waals surface area (Å²) in [6.45, 7) is 3.52. The molecule has 1 atom stereocenters. The molecule has 0 amide bonds. The number of anilines is 1. The third kappa shape index (κ3) is 3.92. The van der Waals surface area contributed by atoms with Crippen LogP contribution in [0.5, 0.6) is 0 Å². The highest BCUT2D eigenvalue weighted by atomic mass is 35.5. The van der Waals surface area contributed by atoms with E-state index in [-0.39, 0.29) is 10.9 Å². The lowest BCUT2D eigenvalue weighted by Crippen LogP contribution is -2.10. The molecule has 0 aliphatic heterocycles. The molecular formula is C14H15ClFN3O2S. The zero-order valence-corrected chi connectivity index (χ0v) is 13.8. The van der Waals surface area contributed by atoms with Gasteiger partial charge in [-0.25, -0.2) is 22.8 Å². The minimum atomic E-state index is -3.58. The minimum absolute atomic E-state index is 0.284. The van der Waals surface area contributed by atoms with E-state index in [1.807, 2.05) is 0 Å². The van der Waals surface area contributed by atoms with Crippen molar-refractivity contribution in [3.8, 4) is 0 Å². The number of aromatic nitrogens is 2. The zero-order valence-electron chi connectivity index (χ0n) is 12.3. The van der Waals surface area contributed by atoms with Crippen LogP contribution in [0.15, 0.2) is 29.2 Å². The third-order valence-electron chi connectivity index (χ3n) is 3.03. The van der Waals surface area contributed by atoms with Crippen LogP contribution in [0.4, 0.5) is 10.2 Å². The van der Waals surface area contributed by atoms with Crippen LogP contribution >= 0.6 is 11.6 Å². The number of halogens is 2. The van der Waals surface area contributed by atoms with Gasteiger partial charge in [-0.05, 0) is 31.5 Å². The number of benzene rings is 1. The summed E-state index contributed by atoms with van der Waals surface area (Å²) in [6.07, 6.45) is 0.971. The Bertz CT molecular complexity index is 791. The Hall–Kier alpha value is -1.73. The zero-order chi connectivity index (χ0) is 16.5. The lowest BCUT2D eigenvalue weighted by atomic mass is 10.1. The van der Waals surface area contributed by atoms with Crippen LogP contribution in [0, 0.1) is 12.7 Å². The summed E-state index contributed by atoms with van der Waals surface area (Å²) < 4.78 is 36.7. The van der Waals surface area contributed by atoms with E-state index in [1.165, 1.54) is 12.1 Å². The normalized spacial score (nSPS) is 13.0. The number of rotatable bonds is 4. The lowest BCUT2D eigenvalue weighted by molar-refractivity contribution is 0.568. The largest absolute Gasteiger partial charge is 0.363 e. The van der Waals surface area contributed by atoms with Crippen molar-refractivity contribution in [2.45, 2.75) is 24.8 Å². The molecule has 0 aliphatic carbocycles. The van der Waals surface area contributed by atoms with Gasteiger partial charge in [0, 0.05) is 12.3 Å². The van der Waals surface area contributed by atoms with Crippen LogP contribution in [0.2, 0.25) is 5.15 Å². The summed E-state index contributed by atoms with van der Waals surface area (Å²) in [5.41, 5.74) is 0.595. The fourth-order valence-corrected chi connectivity index (χ4v) is 2.95. The number of hydrogen-bond acceptors (Lipinski definition) is 5. The molecule has 1 aromatic heterocycles. The van der Waals surface area contributed by atoms with Crippen molar-refractivity contribution in [2.75, 3.05) is 11.6 Å². The van der Waals surface area contributed by atoms with Crippen molar-refractivity contribution < 1.29 is 12.8 Å². The molecule has 5 nitrogen and oxygen atoms in total. The molecule has 0 unspecified atom stereocenters. The topological polar surface area (TPSA) is 72.0 Å². The van der Waals surface area contributed by atoms with Gasteiger partial charge in [0.1, 0.15) is 27.5 Å². The van der Waals surface area contributed by atoms with Crippen molar-refractivity contribution in [3.05, 3.63) is 46.6 Å². The lowest BCUT2D eigenvalue weighted by Gasteiger charge is -2.16. The fraction of sp³-hybridized carbons (Fsp3) is 0.286. The van der Waals surface area contributed by atoms with Crippen molar-refractivity contribution in [2.24, 2.45) is 0 Å². The summed E-state index contributed by atoms with van der Waals surface area (Å²) in [6, 6.07) is 5.30. The molecule has 0 bridgehead atoms. The number of sulfone groups is 1. The van der Waals surface area contributed by atoms with Crippen LogP contribution in [0.25, 0.3) is 0 Å². The van der Waals surface area contributed by atoms with Crippen molar-refractivity contribution in [1.82, 2.24) is 9.97 Å². The molecule has 0 saturated heterocycles. The highest BCUT2D eigenvalue weighted by molar-refractivity contribution is 7.90. The molecule has 0 saturated carbocycles. The molecule has 8 heteroatoms. The molecule has 118 valence electrons. The number of hydrogen-bond donors (Lipinski definition) is 1. The first kappa shape index (κ1) is 16.6. The Kier molecular flexibility index (Phi) is 4.67. The first-order valence-corrected chi connectivity index (χ1v) is 8.71. The highest BCUT2D eigenvalue weighted by Crippen LogP contribution is 2.23. The minimum Gasteiger partial charge on any atom is -0.363 e. The van der Waals surface area contributed by atoms with Crippen LogP contribution in [-0.2, 0) is 9.84 Å². The van der Waals surface area contributed by atoms with E-state index in [9.17, 15) is 12.8 Å². The molecule has 0 aliphatic rings. The Labute approximate surface area is 133 Å². The van der Waals surface area contributed by atoms with Gasteiger partial charge in [0.15, 0.2) is 9.84 Å². The molecule has 22 heavy (non-hydrogen) atoms. The quantitative estimate of drug-likeness (QED) is 0.863. The molecule has 0 spiro atoms. The van der Waals surface area contributed by atoms with E-state index in [1.54, 1.807) is 26.0 Å². The molecule has 2 aromatic rings. The second kappa shape index (κ2) is 6.18. The van der Waals surface area contributed by atoms with Crippen molar-refractivity contribution >= 4 is 27.3 Å².